The third kappa shape index (κ3) is 23.0. The van der Waals surface area contributed by atoms with Crippen LogP contribution in [0, 0.1) is 0 Å². The van der Waals surface area contributed by atoms with Gasteiger partial charge >= 0.3 is 0 Å². The molecule has 0 saturated carbocycles. The molecule has 0 rings (SSSR count). The summed E-state index contributed by atoms with van der Waals surface area (Å²) >= 11 is 0. The molecule has 0 unspecified atom stereocenters. The quantitative estimate of drug-likeness (QED) is 0.705. The van der Waals surface area contributed by atoms with Crippen LogP contribution in [0.1, 0.15) is 13.8 Å². The first-order chi connectivity index (χ1) is 4.27. The Kier molecular flexibility index (Phi) is 28.5. The molecule has 0 N–H and O–H groups in total. The average Bonchev–Trinajstić information content (AvgIpc) is 1.88. The Morgan fingerprint density at radius 2 is 1.60 bits per heavy atom. The molecule has 1 radical (unpaired) electrons. The van der Waals surface area contributed by atoms with Crippen molar-refractivity contribution in [3.05, 3.63) is 5.32 Å². The van der Waals surface area contributed by atoms with E-state index in [-0.39, 0.29) is 32.7 Å². The number of likely N-dealkylation sites (N-methyl/N-ethyl adjacent to an activating group) is 2. The van der Waals surface area contributed by atoms with Crippen LogP contribution in [0.25, 0.3) is 5.32 Å². The van der Waals surface area contributed by atoms with Gasteiger partial charge in [-0.1, -0.05) is 13.8 Å². The summed E-state index contributed by atoms with van der Waals surface area (Å²) in [5.41, 5.74) is 0. The minimum absolute atomic E-state index is 0. The standard InChI is InChI=1S/C5H13N2.C2H6.Y/c1-6-4-5-7(2)3;1-2;/h4-5H2,1-3H3;1-2H3;/q-1;;. The van der Waals surface area contributed by atoms with Crippen LogP contribution in [0.5, 0.6) is 0 Å². The Morgan fingerprint density at radius 1 is 1.20 bits per heavy atom. The molecule has 0 aromatic rings. The van der Waals surface area contributed by atoms with Crippen molar-refractivity contribution in [2.24, 2.45) is 0 Å². The van der Waals surface area contributed by atoms with Crippen LogP contribution in [0.2, 0.25) is 0 Å². The Bertz CT molecular complexity index is 40.6. The number of rotatable bonds is 3. The second kappa shape index (κ2) is 16.5. The van der Waals surface area contributed by atoms with E-state index in [4.69, 9.17) is 0 Å². The summed E-state index contributed by atoms with van der Waals surface area (Å²) in [6.07, 6.45) is 0. The topological polar surface area (TPSA) is 17.3 Å². The van der Waals surface area contributed by atoms with Crippen LogP contribution in [0.15, 0.2) is 0 Å². The van der Waals surface area contributed by atoms with E-state index in [0.717, 1.165) is 13.1 Å². The third-order valence-electron chi connectivity index (χ3n) is 0.771. The second-order valence-corrected chi connectivity index (χ2v) is 1.84. The largest absolute Gasteiger partial charge is 0.664 e. The van der Waals surface area contributed by atoms with E-state index in [0.29, 0.717) is 0 Å². The Labute approximate surface area is 90.6 Å². The van der Waals surface area contributed by atoms with E-state index < -0.39 is 0 Å². The van der Waals surface area contributed by atoms with E-state index in [1.54, 1.807) is 0 Å². The number of hydrogen-bond acceptors (Lipinski definition) is 1. The van der Waals surface area contributed by atoms with Crippen molar-refractivity contribution in [3.63, 3.8) is 0 Å². The molecule has 0 aliphatic rings. The van der Waals surface area contributed by atoms with Gasteiger partial charge in [0.1, 0.15) is 0 Å². The first-order valence-electron chi connectivity index (χ1n) is 3.47. The van der Waals surface area contributed by atoms with Crippen LogP contribution in [0.4, 0.5) is 0 Å². The Balaban J connectivity index is -0.000000149. The summed E-state index contributed by atoms with van der Waals surface area (Å²) in [6, 6.07) is 0. The van der Waals surface area contributed by atoms with Crippen molar-refractivity contribution in [2.45, 2.75) is 13.8 Å². The normalized spacial score (nSPS) is 7.80. The molecule has 0 aromatic carbocycles. The fourth-order valence-electron chi connectivity index (χ4n) is 0.300. The van der Waals surface area contributed by atoms with E-state index in [2.05, 4.69) is 10.2 Å². The molecule has 0 bridgehead atoms. The predicted octanol–water partition coefficient (Wildman–Crippen LogP) is 1.58. The molecule has 3 heteroatoms. The minimum atomic E-state index is 0. The van der Waals surface area contributed by atoms with Gasteiger partial charge in [0.2, 0.25) is 0 Å². The van der Waals surface area contributed by atoms with E-state index in [1.807, 2.05) is 35.0 Å². The van der Waals surface area contributed by atoms with Gasteiger partial charge in [-0.15, -0.1) is 6.54 Å². The van der Waals surface area contributed by atoms with Crippen molar-refractivity contribution in [2.75, 3.05) is 34.2 Å². The van der Waals surface area contributed by atoms with E-state index in [1.165, 1.54) is 0 Å². The van der Waals surface area contributed by atoms with E-state index in [9.17, 15) is 0 Å². The molecule has 2 nitrogen and oxygen atoms in total. The summed E-state index contributed by atoms with van der Waals surface area (Å²) < 4.78 is 0. The summed E-state index contributed by atoms with van der Waals surface area (Å²) in [4.78, 5) is 2.12. The zero-order valence-corrected chi connectivity index (χ0v) is 10.7. The van der Waals surface area contributed by atoms with Crippen molar-refractivity contribution in [1.82, 2.24) is 4.90 Å². The maximum absolute atomic E-state index is 3.93. The number of hydrogen-bond donors (Lipinski definition) is 0. The molecule has 0 aromatic heterocycles. The molecular weight excluding hydrogens is 201 g/mol. The fourth-order valence-corrected chi connectivity index (χ4v) is 0.300. The third-order valence-corrected chi connectivity index (χ3v) is 0.771. The SMILES string of the molecule is CC.C[N-]CCN(C)C.[Y]. The summed E-state index contributed by atoms with van der Waals surface area (Å²) in [7, 11) is 5.93. The van der Waals surface area contributed by atoms with Gasteiger partial charge in [-0.25, -0.2) is 0 Å². The van der Waals surface area contributed by atoms with Crippen molar-refractivity contribution in [3.8, 4) is 0 Å². The van der Waals surface area contributed by atoms with Crippen molar-refractivity contribution < 1.29 is 32.7 Å². The van der Waals surface area contributed by atoms with Crippen LogP contribution in [-0.4, -0.2) is 39.1 Å². The molecule has 0 amide bonds. The summed E-state index contributed by atoms with van der Waals surface area (Å²) in [6.45, 7) is 6.02. The predicted molar refractivity (Wildman–Crippen MR) is 44.1 cm³/mol. The summed E-state index contributed by atoms with van der Waals surface area (Å²) in [5.74, 6) is 0. The van der Waals surface area contributed by atoms with Crippen molar-refractivity contribution in [1.29, 1.82) is 0 Å². The van der Waals surface area contributed by atoms with E-state index >= 15 is 0 Å². The molecule has 0 saturated heterocycles. The van der Waals surface area contributed by atoms with Gasteiger partial charge in [-0.2, -0.15) is 7.05 Å². The molecular formula is C7H19N2Y-. The first kappa shape index (κ1) is 17.2. The zero-order valence-electron chi connectivity index (χ0n) is 7.89. The molecule has 0 atom stereocenters. The average molecular weight is 220 g/mol. The van der Waals surface area contributed by atoms with Gasteiger partial charge in [0.25, 0.3) is 0 Å². The van der Waals surface area contributed by atoms with Gasteiger partial charge in [-0.05, 0) is 20.6 Å². The first-order valence-corrected chi connectivity index (χ1v) is 3.47. The fraction of sp³-hybridized carbons (Fsp3) is 1.00. The van der Waals surface area contributed by atoms with Gasteiger partial charge in [-0.3, -0.25) is 0 Å². The van der Waals surface area contributed by atoms with Gasteiger partial charge in [0.05, 0.1) is 0 Å². The molecule has 0 heterocycles. The maximum atomic E-state index is 3.93. The Hall–Kier alpha value is 1.02. The van der Waals surface area contributed by atoms with Gasteiger partial charge in [0.15, 0.2) is 0 Å². The molecule has 0 spiro atoms. The molecule has 61 valence electrons. The Morgan fingerprint density at radius 3 is 1.70 bits per heavy atom. The minimum Gasteiger partial charge on any atom is -0.664 e. The smallest absolute Gasteiger partial charge is 0 e. The van der Waals surface area contributed by atoms with Gasteiger partial charge < -0.3 is 10.2 Å². The van der Waals surface area contributed by atoms with Crippen molar-refractivity contribution >= 4 is 0 Å². The van der Waals surface area contributed by atoms with Crippen LogP contribution >= 0.6 is 0 Å². The van der Waals surface area contributed by atoms with Crippen LogP contribution in [-0.2, 0) is 32.7 Å². The molecule has 0 aliphatic heterocycles. The molecule has 0 fully saturated rings. The second-order valence-electron chi connectivity index (χ2n) is 1.84. The van der Waals surface area contributed by atoms with Gasteiger partial charge in [0, 0.05) is 32.7 Å². The van der Waals surface area contributed by atoms with Crippen LogP contribution < -0.4 is 0 Å². The van der Waals surface area contributed by atoms with Crippen LogP contribution in [0.3, 0.4) is 0 Å². The molecule has 10 heavy (non-hydrogen) atoms. The monoisotopic (exact) mass is 220 g/mol. The maximum Gasteiger partial charge on any atom is 0 e. The zero-order chi connectivity index (χ0) is 7.70. The summed E-state index contributed by atoms with van der Waals surface area (Å²) in [5, 5.41) is 3.93. The molecule has 0 aliphatic carbocycles. The number of nitrogens with zero attached hydrogens (tertiary/aromatic N) is 2.